The van der Waals surface area contributed by atoms with Crippen LogP contribution in [0.15, 0.2) is 24.3 Å². The first-order valence-electron chi connectivity index (χ1n) is 7.13. The number of nitrogens with zero attached hydrogens (tertiary/aromatic N) is 4. The van der Waals surface area contributed by atoms with Crippen LogP contribution in [0.2, 0.25) is 5.28 Å². The number of halogens is 1. The zero-order valence-electron chi connectivity index (χ0n) is 13.3. The SMILES string of the molecule is COc1ccc(Nc2nc(Cl)nc(NC3NC(=O)N(C)C3=O)n2)cc1. The molecular formula is C14H14ClN7O3. The molecule has 1 saturated heterocycles. The summed E-state index contributed by atoms with van der Waals surface area (Å²) in [6.45, 7) is 0. The molecule has 1 aliphatic rings. The highest BCUT2D eigenvalue weighted by Crippen LogP contribution is 2.19. The summed E-state index contributed by atoms with van der Waals surface area (Å²) < 4.78 is 5.09. The Morgan fingerprint density at radius 3 is 2.44 bits per heavy atom. The lowest BCUT2D eigenvalue weighted by Crippen LogP contribution is -2.37. The lowest BCUT2D eigenvalue weighted by molar-refractivity contribution is -0.125. The zero-order chi connectivity index (χ0) is 18.0. The van der Waals surface area contributed by atoms with Gasteiger partial charge in [0.2, 0.25) is 17.2 Å². The van der Waals surface area contributed by atoms with Gasteiger partial charge in [-0.15, -0.1) is 0 Å². The molecule has 1 unspecified atom stereocenters. The van der Waals surface area contributed by atoms with Gasteiger partial charge in [0.15, 0.2) is 6.17 Å². The van der Waals surface area contributed by atoms with E-state index in [9.17, 15) is 9.59 Å². The van der Waals surface area contributed by atoms with Gasteiger partial charge in [0.1, 0.15) is 5.75 Å². The number of anilines is 3. The Hall–Kier alpha value is -3.14. The Kier molecular flexibility index (Phi) is 4.52. The van der Waals surface area contributed by atoms with Gasteiger partial charge in [-0.2, -0.15) is 15.0 Å². The van der Waals surface area contributed by atoms with Gasteiger partial charge >= 0.3 is 6.03 Å². The van der Waals surface area contributed by atoms with Crippen LogP contribution in [0, 0.1) is 0 Å². The second kappa shape index (κ2) is 6.77. The van der Waals surface area contributed by atoms with Crippen molar-refractivity contribution in [2.75, 3.05) is 24.8 Å². The third-order valence-corrected chi connectivity index (χ3v) is 3.55. The van der Waals surface area contributed by atoms with E-state index in [2.05, 4.69) is 30.9 Å². The number of urea groups is 1. The molecule has 0 bridgehead atoms. The predicted octanol–water partition coefficient (Wildman–Crippen LogP) is 1.20. The third kappa shape index (κ3) is 3.69. The fourth-order valence-corrected chi connectivity index (χ4v) is 2.24. The monoisotopic (exact) mass is 363 g/mol. The number of methoxy groups -OCH3 is 1. The summed E-state index contributed by atoms with van der Waals surface area (Å²) in [6.07, 6.45) is -0.968. The van der Waals surface area contributed by atoms with Crippen molar-refractivity contribution in [3.63, 3.8) is 0 Å². The Balaban J connectivity index is 1.76. The molecular weight excluding hydrogens is 350 g/mol. The lowest BCUT2D eigenvalue weighted by Gasteiger charge is -2.12. The lowest BCUT2D eigenvalue weighted by atomic mass is 10.3. The van der Waals surface area contributed by atoms with E-state index >= 15 is 0 Å². The molecule has 0 radical (unpaired) electrons. The highest BCUT2D eigenvalue weighted by atomic mass is 35.5. The van der Waals surface area contributed by atoms with Gasteiger partial charge in [-0.25, -0.2) is 4.79 Å². The molecule has 3 amide bonds. The first-order valence-corrected chi connectivity index (χ1v) is 7.51. The van der Waals surface area contributed by atoms with E-state index < -0.39 is 18.1 Å². The minimum absolute atomic E-state index is 0.0463. The number of hydrogen-bond acceptors (Lipinski definition) is 8. The largest absolute Gasteiger partial charge is 0.497 e. The van der Waals surface area contributed by atoms with Crippen molar-refractivity contribution < 1.29 is 14.3 Å². The van der Waals surface area contributed by atoms with Crippen LogP contribution in [0.3, 0.4) is 0 Å². The van der Waals surface area contributed by atoms with E-state index in [1.54, 1.807) is 31.4 Å². The normalized spacial score (nSPS) is 16.6. The van der Waals surface area contributed by atoms with Crippen molar-refractivity contribution in [1.29, 1.82) is 0 Å². The first kappa shape index (κ1) is 16.7. The number of imide groups is 1. The molecule has 3 rings (SSSR count). The van der Waals surface area contributed by atoms with E-state index in [-0.39, 0.29) is 17.2 Å². The molecule has 11 heteroatoms. The summed E-state index contributed by atoms with van der Waals surface area (Å²) in [5.41, 5.74) is 0.707. The van der Waals surface area contributed by atoms with Crippen molar-refractivity contribution in [3.05, 3.63) is 29.5 Å². The quantitative estimate of drug-likeness (QED) is 0.677. The maximum Gasteiger partial charge on any atom is 0.325 e. The molecule has 0 saturated carbocycles. The standard InChI is InChI=1S/C14H14ClN7O3/c1-22-10(23)9(18-14(22)24)17-13-20-11(15)19-12(21-13)16-7-3-5-8(25-2)6-4-7/h3-6,9H,1-2H3,(H,18,24)(H2,16,17,19,20,21). The molecule has 10 nitrogen and oxygen atoms in total. The fraction of sp³-hybridized carbons (Fsp3) is 0.214. The molecule has 1 aliphatic heterocycles. The van der Waals surface area contributed by atoms with Gasteiger partial charge in [-0.3, -0.25) is 9.69 Å². The molecule has 1 aromatic carbocycles. The van der Waals surface area contributed by atoms with Gasteiger partial charge < -0.3 is 20.7 Å². The zero-order valence-corrected chi connectivity index (χ0v) is 14.0. The summed E-state index contributed by atoms with van der Waals surface area (Å²) >= 11 is 5.90. The molecule has 3 N–H and O–H groups in total. The molecule has 1 aromatic heterocycles. The van der Waals surface area contributed by atoms with Crippen molar-refractivity contribution in [2.45, 2.75) is 6.17 Å². The van der Waals surface area contributed by atoms with E-state index in [0.29, 0.717) is 11.4 Å². The fourth-order valence-electron chi connectivity index (χ4n) is 2.08. The highest BCUT2D eigenvalue weighted by molar-refractivity contribution is 6.28. The Morgan fingerprint density at radius 2 is 1.84 bits per heavy atom. The van der Waals surface area contributed by atoms with Crippen LogP contribution < -0.4 is 20.7 Å². The molecule has 1 fully saturated rings. The number of nitrogens with one attached hydrogen (secondary N) is 3. The number of benzene rings is 1. The number of likely N-dealkylation sites (N-methyl/N-ethyl adjacent to an activating group) is 1. The molecule has 2 heterocycles. The number of amides is 3. The number of aromatic nitrogens is 3. The Bertz CT molecular complexity index is 815. The summed E-state index contributed by atoms with van der Waals surface area (Å²) in [4.78, 5) is 36.3. The predicted molar refractivity (Wildman–Crippen MR) is 89.8 cm³/mol. The Morgan fingerprint density at radius 1 is 1.16 bits per heavy atom. The van der Waals surface area contributed by atoms with Crippen LogP contribution in [-0.4, -0.2) is 52.1 Å². The van der Waals surface area contributed by atoms with Gasteiger partial charge in [0.05, 0.1) is 7.11 Å². The topological polar surface area (TPSA) is 121 Å². The minimum atomic E-state index is -0.968. The number of hydrogen-bond donors (Lipinski definition) is 3. The summed E-state index contributed by atoms with van der Waals surface area (Å²) in [7, 11) is 2.95. The van der Waals surface area contributed by atoms with Gasteiger partial charge in [-0.1, -0.05) is 0 Å². The number of rotatable bonds is 5. The van der Waals surface area contributed by atoms with Gasteiger partial charge in [-0.05, 0) is 35.9 Å². The number of carbonyl (C=O) groups is 2. The smallest absolute Gasteiger partial charge is 0.325 e. The van der Waals surface area contributed by atoms with E-state index in [4.69, 9.17) is 16.3 Å². The van der Waals surface area contributed by atoms with Crippen molar-refractivity contribution >= 4 is 41.1 Å². The van der Waals surface area contributed by atoms with E-state index in [1.807, 2.05) is 0 Å². The molecule has 130 valence electrons. The summed E-state index contributed by atoms with van der Waals surface area (Å²) in [6, 6.07) is 6.58. The third-order valence-electron chi connectivity index (χ3n) is 3.38. The van der Waals surface area contributed by atoms with Crippen LogP contribution in [0.4, 0.5) is 22.4 Å². The molecule has 0 spiro atoms. The molecule has 1 atom stereocenters. The van der Waals surface area contributed by atoms with Gasteiger partial charge in [0, 0.05) is 12.7 Å². The second-order valence-corrected chi connectivity index (χ2v) is 5.37. The van der Waals surface area contributed by atoms with Crippen LogP contribution >= 0.6 is 11.6 Å². The van der Waals surface area contributed by atoms with Crippen LogP contribution in [-0.2, 0) is 4.79 Å². The van der Waals surface area contributed by atoms with Crippen LogP contribution in [0.5, 0.6) is 5.75 Å². The number of carbonyl (C=O) groups excluding carboxylic acids is 2. The van der Waals surface area contributed by atoms with Gasteiger partial charge in [0.25, 0.3) is 5.91 Å². The average molecular weight is 364 g/mol. The van der Waals surface area contributed by atoms with Crippen molar-refractivity contribution in [3.8, 4) is 5.75 Å². The molecule has 2 aromatic rings. The maximum absolute atomic E-state index is 11.9. The maximum atomic E-state index is 11.9. The molecule has 25 heavy (non-hydrogen) atoms. The average Bonchev–Trinajstić information content (AvgIpc) is 2.82. The molecule has 0 aliphatic carbocycles. The van der Waals surface area contributed by atoms with Crippen LogP contribution in [0.1, 0.15) is 0 Å². The van der Waals surface area contributed by atoms with Crippen molar-refractivity contribution in [1.82, 2.24) is 25.2 Å². The summed E-state index contributed by atoms with van der Waals surface area (Å²) in [5.74, 6) is 0.482. The highest BCUT2D eigenvalue weighted by Gasteiger charge is 2.35. The Labute approximate surface area is 147 Å². The number of ether oxygens (including phenoxy) is 1. The van der Waals surface area contributed by atoms with E-state index in [1.165, 1.54) is 7.05 Å². The summed E-state index contributed by atoms with van der Waals surface area (Å²) in [5, 5.41) is 8.05. The minimum Gasteiger partial charge on any atom is -0.497 e. The van der Waals surface area contributed by atoms with Crippen LogP contribution in [0.25, 0.3) is 0 Å². The van der Waals surface area contributed by atoms with E-state index in [0.717, 1.165) is 4.90 Å². The van der Waals surface area contributed by atoms with Crippen molar-refractivity contribution in [2.24, 2.45) is 0 Å². The first-order chi connectivity index (χ1) is 12.0. The second-order valence-electron chi connectivity index (χ2n) is 5.03.